The Morgan fingerprint density at radius 3 is 2.55 bits per heavy atom. The molecule has 1 amide bonds. The summed E-state index contributed by atoms with van der Waals surface area (Å²) in [5.41, 5.74) is 0. The van der Waals surface area contributed by atoms with Crippen LogP contribution in [0.25, 0.3) is 0 Å². The van der Waals surface area contributed by atoms with Crippen LogP contribution in [-0.2, 0) is 9.53 Å². The maximum absolute atomic E-state index is 13.2. The minimum Gasteiger partial charge on any atom is -0.492 e. The molecule has 0 atom stereocenters. The van der Waals surface area contributed by atoms with E-state index >= 15 is 0 Å². The lowest BCUT2D eigenvalue weighted by Gasteiger charge is -2.36. The first kappa shape index (κ1) is 21.3. The van der Waals surface area contributed by atoms with Crippen molar-refractivity contribution in [1.82, 2.24) is 15.1 Å². The number of guanidine groups is 1. The van der Waals surface area contributed by atoms with Gasteiger partial charge in [-0.2, -0.15) is 0 Å². The number of rotatable bonds is 5. The minimum absolute atomic E-state index is 0.0548. The number of halogens is 2. The number of ether oxygens (including phenoxy) is 2. The van der Waals surface area contributed by atoms with Crippen LogP contribution in [0.1, 0.15) is 12.8 Å². The highest BCUT2D eigenvalue weighted by molar-refractivity contribution is 5.81. The van der Waals surface area contributed by atoms with Crippen LogP contribution in [0.3, 0.4) is 0 Å². The first-order valence-corrected chi connectivity index (χ1v) is 9.98. The summed E-state index contributed by atoms with van der Waals surface area (Å²) < 4.78 is 36.9. The molecule has 160 valence electrons. The Bertz CT molecular complexity index is 718. The molecule has 3 rings (SSSR count). The first-order chi connectivity index (χ1) is 14.1. The van der Waals surface area contributed by atoms with E-state index in [4.69, 9.17) is 9.47 Å². The maximum Gasteiger partial charge on any atom is 0.225 e. The van der Waals surface area contributed by atoms with Gasteiger partial charge in [0.2, 0.25) is 5.91 Å². The number of nitrogens with one attached hydrogen (secondary N) is 1. The van der Waals surface area contributed by atoms with E-state index in [1.807, 2.05) is 4.90 Å². The monoisotopic (exact) mass is 410 g/mol. The maximum atomic E-state index is 13.2. The molecule has 2 aliphatic rings. The smallest absolute Gasteiger partial charge is 0.225 e. The SMILES string of the molecule is CN=C(NCCOc1ccc(F)c(F)c1)N1CCC(C(=O)N2CCOCC2)CC1. The molecule has 7 nitrogen and oxygen atoms in total. The van der Waals surface area contributed by atoms with Crippen molar-refractivity contribution in [2.24, 2.45) is 10.9 Å². The van der Waals surface area contributed by atoms with Crippen LogP contribution in [-0.4, -0.2) is 81.3 Å². The van der Waals surface area contributed by atoms with Crippen molar-refractivity contribution in [3.05, 3.63) is 29.8 Å². The normalized spacial score (nSPS) is 18.7. The number of likely N-dealkylation sites (tertiary alicyclic amines) is 1. The summed E-state index contributed by atoms with van der Waals surface area (Å²) in [5.74, 6) is -0.513. The van der Waals surface area contributed by atoms with Gasteiger partial charge in [-0.15, -0.1) is 0 Å². The second-order valence-electron chi connectivity index (χ2n) is 7.10. The summed E-state index contributed by atoms with van der Waals surface area (Å²) in [6, 6.07) is 3.46. The Labute approximate surface area is 169 Å². The summed E-state index contributed by atoms with van der Waals surface area (Å²) in [6.07, 6.45) is 1.59. The average Bonchev–Trinajstić information content (AvgIpc) is 2.76. The minimum atomic E-state index is -0.930. The highest BCUT2D eigenvalue weighted by Crippen LogP contribution is 2.20. The van der Waals surface area contributed by atoms with Gasteiger partial charge in [0.25, 0.3) is 0 Å². The lowest BCUT2D eigenvalue weighted by Crippen LogP contribution is -2.50. The molecule has 9 heteroatoms. The van der Waals surface area contributed by atoms with Gasteiger partial charge in [0.15, 0.2) is 17.6 Å². The Hall–Kier alpha value is -2.42. The van der Waals surface area contributed by atoms with E-state index in [1.54, 1.807) is 7.05 Å². The van der Waals surface area contributed by atoms with Crippen molar-refractivity contribution in [3.63, 3.8) is 0 Å². The van der Waals surface area contributed by atoms with Gasteiger partial charge < -0.3 is 24.6 Å². The topological polar surface area (TPSA) is 66.4 Å². The molecule has 1 aromatic rings. The van der Waals surface area contributed by atoms with Crippen LogP contribution < -0.4 is 10.1 Å². The lowest BCUT2D eigenvalue weighted by molar-refractivity contribution is -0.140. The van der Waals surface area contributed by atoms with Gasteiger partial charge in [-0.25, -0.2) is 8.78 Å². The lowest BCUT2D eigenvalue weighted by atomic mass is 9.95. The van der Waals surface area contributed by atoms with Crippen LogP contribution in [0, 0.1) is 17.6 Å². The number of hydrogen-bond donors (Lipinski definition) is 1. The number of aliphatic imine (C=N–C) groups is 1. The molecule has 1 aromatic carbocycles. The van der Waals surface area contributed by atoms with Crippen LogP contribution in [0.5, 0.6) is 5.75 Å². The molecule has 2 saturated heterocycles. The first-order valence-electron chi connectivity index (χ1n) is 9.98. The summed E-state index contributed by atoms with van der Waals surface area (Å²) in [6.45, 7) is 4.87. The third-order valence-electron chi connectivity index (χ3n) is 5.22. The van der Waals surface area contributed by atoms with Gasteiger partial charge in [-0.05, 0) is 25.0 Å². The third kappa shape index (κ3) is 5.79. The average molecular weight is 410 g/mol. The molecule has 2 aliphatic heterocycles. The molecule has 0 saturated carbocycles. The predicted octanol–water partition coefficient (Wildman–Crippen LogP) is 1.49. The number of piperidine rings is 1. The third-order valence-corrected chi connectivity index (χ3v) is 5.22. The Balaban J connectivity index is 1.39. The number of carbonyl (C=O) groups excluding carboxylic acids is 1. The number of amides is 1. The van der Waals surface area contributed by atoms with E-state index in [-0.39, 0.29) is 24.2 Å². The number of benzene rings is 1. The highest BCUT2D eigenvalue weighted by atomic mass is 19.2. The molecule has 0 spiro atoms. The van der Waals surface area contributed by atoms with Crippen molar-refractivity contribution in [3.8, 4) is 5.75 Å². The second kappa shape index (κ2) is 10.4. The molecule has 29 heavy (non-hydrogen) atoms. The molecule has 0 radical (unpaired) electrons. The summed E-state index contributed by atoms with van der Waals surface area (Å²) in [7, 11) is 1.71. The molecule has 2 heterocycles. The largest absolute Gasteiger partial charge is 0.492 e. The molecular weight excluding hydrogens is 382 g/mol. The van der Waals surface area contributed by atoms with E-state index in [2.05, 4.69) is 15.2 Å². The van der Waals surface area contributed by atoms with E-state index in [1.165, 1.54) is 6.07 Å². The molecule has 0 bridgehead atoms. The zero-order chi connectivity index (χ0) is 20.6. The van der Waals surface area contributed by atoms with Crippen molar-refractivity contribution in [2.45, 2.75) is 12.8 Å². The van der Waals surface area contributed by atoms with Crippen LogP contribution in [0.15, 0.2) is 23.2 Å². The highest BCUT2D eigenvalue weighted by Gasteiger charge is 2.30. The van der Waals surface area contributed by atoms with Crippen molar-refractivity contribution in [2.75, 3.05) is 59.6 Å². The zero-order valence-electron chi connectivity index (χ0n) is 16.7. The standard InChI is InChI=1S/C20H28F2N4O3/c1-23-20(24-6-11-29-16-2-3-17(21)18(22)14-16)26-7-4-15(5-8-26)19(27)25-9-12-28-13-10-25/h2-3,14-15H,4-13H2,1H3,(H,23,24). The number of carbonyl (C=O) groups is 1. The van der Waals surface area contributed by atoms with E-state index < -0.39 is 11.6 Å². The van der Waals surface area contributed by atoms with Crippen molar-refractivity contribution in [1.29, 1.82) is 0 Å². The van der Waals surface area contributed by atoms with Gasteiger partial charge in [0.1, 0.15) is 12.4 Å². The quantitative estimate of drug-likeness (QED) is 0.453. The van der Waals surface area contributed by atoms with Crippen molar-refractivity contribution < 1.29 is 23.0 Å². The van der Waals surface area contributed by atoms with Gasteiger partial charge in [-0.1, -0.05) is 0 Å². The van der Waals surface area contributed by atoms with Crippen LogP contribution >= 0.6 is 0 Å². The fourth-order valence-electron chi connectivity index (χ4n) is 3.61. The van der Waals surface area contributed by atoms with E-state index in [9.17, 15) is 13.6 Å². The fraction of sp³-hybridized carbons (Fsp3) is 0.600. The van der Waals surface area contributed by atoms with Gasteiger partial charge in [0.05, 0.1) is 19.8 Å². The Morgan fingerprint density at radius 2 is 1.90 bits per heavy atom. The molecule has 0 aromatic heterocycles. The summed E-state index contributed by atoms with van der Waals surface area (Å²) >= 11 is 0. The van der Waals surface area contributed by atoms with E-state index in [0.717, 1.165) is 44.0 Å². The van der Waals surface area contributed by atoms with Crippen LogP contribution in [0.4, 0.5) is 8.78 Å². The number of nitrogens with zero attached hydrogens (tertiary/aromatic N) is 3. The van der Waals surface area contributed by atoms with Gasteiger partial charge >= 0.3 is 0 Å². The summed E-state index contributed by atoms with van der Waals surface area (Å²) in [5, 5.41) is 3.21. The number of hydrogen-bond acceptors (Lipinski definition) is 4. The number of morpholine rings is 1. The van der Waals surface area contributed by atoms with Crippen molar-refractivity contribution >= 4 is 11.9 Å². The molecular formula is C20H28F2N4O3. The molecule has 2 fully saturated rings. The predicted molar refractivity (Wildman–Crippen MR) is 105 cm³/mol. The van der Waals surface area contributed by atoms with Gasteiger partial charge in [0, 0.05) is 45.2 Å². The zero-order valence-corrected chi connectivity index (χ0v) is 16.7. The van der Waals surface area contributed by atoms with E-state index in [0.29, 0.717) is 32.8 Å². The van der Waals surface area contributed by atoms with Gasteiger partial charge in [-0.3, -0.25) is 9.79 Å². The summed E-state index contributed by atoms with van der Waals surface area (Å²) in [4.78, 5) is 21.0. The fourth-order valence-corrected chi connectivity index (χ4v) is 3.61. The molecule has 0 unspecified atom stereocenters. The molecule has 0 aliphatic carbocycles. The Morgan fingerprint density at radius 1 is 1.17 bits per heavy atom. The Kier molecular flexibility index (Phi) is 7.62. The molecule has 1 N–H and O–H groups in total. The van der Waals surface area contributed by atoms with Crippen LogP contribution in [0.2, 0.25) is 0 Å². The second-order valence-corrected chi connectivity index (χ2v) is 7.10.